The molecule has 0 unspecified atom stereocenters. The van der Waals surface area contributed by atoms with Crippen LogP contribution in [0.25, 0.3) is 6.08 Å². The molecule has 0 radical (unpaired) electrons. The molecule has 6 heteroatoms. The van der Waals surface area contributed by atoms with Crippen molar-refractivity contribution in [2.45, 2.75) is 6.92 Å². The van der Waals surface area contributed by atoms with E-state index in [2.05, 4.69) is 4.72 Å². The molecule has 0 aliphatic heterocycles. The number of nitrogens with one attached hydrogen (secondary N) is 1. The first kappa shape index (κ1) is 15.8. The Hall–Kier alpha value is -2.60. The summed E-state index contributed by atoms with van der Waals surface area (Å²) in [5.74, 6) is -1.06. The van der Waals surface area contributed by atoms with Gasteiger partial charge < -0.3 is 5.11 Å². The third-order valence-electron chi connectivity index (χ3n) is 2.91. The van der Waals surface area contributed by atoms with Gasteiger partial charge in [0.1, 0.15) is 0 Å². The molecule has 5 nitrogen and oxygen atoms in total. The van der Waals surface area contributed by atoms with E-state index in [0.29, 0.717) is 5.69 Å². The summed E-state index contributed by atoms with van der Waals surface area (Å²) in [5, 5.41) is 9.86. The van der Waals surface area contributed by atoms with Crippen molar-refractivity contribution in [3.63, 3.8) is 0 Å². The normalized spacial score (nSPS) is 11.5. The van der Waals surface area contributed by atoms with Gasteiger partial charge in [-0.05, 0) is 42.8 Å². The second-order valence-corrected chi connectivity index (χ2v) is 6.31. The maximum absolute atomic E-state index is 11.9. The van der Waals surface area contributed by atoms with Gasteiger partial charge in [-0.2, -0.15) is 0 Å². The van der Waals surface area contributed by atoms with Crippen molar-refractivity contribution in [2.24, 2.45) is 0 Å². The maximum atomic E-state index is 11.9. The zero-order valence-electron chi connectivity index (χ0n) is 11.9. The van der Waals surface area contributed by atoms with Gasteiger partial charge >= 0.3 is 5.97 Å². The number of hydrogen-bond acceptors (Lipinski definition) is 3. The molecule has 0 aliphatic rings. The Balaban J connectivity index is 2.10. The van der Waals surface area contributed by atoms with Crippen LogP contribution in [0.1, 0.15) is 21.5 Å². The number of rotatable bonds is 5. The highest BCUT2D eigenvalue weighted by Crippen LogP contribution is 2.13. The third-order valence-corrected chi connectivity index (χ3v) is 3.92. The van der Waals surface area contributed by atoms with E-state index < -0.39 is 16.0 Å². The molecule has 2 aromatic carbocycles. The van der Waals surface area contributed by atoms with Crippen LogP contribution in [-0.4, -0.2) is 19.5 Å². The molecule has 2 N–H and O–H groups in total. The number of hydrogen-bond donors (Lipinski definition) is 2. The lowest BCUT2D eigenvalue weighted by Gasteiger charge is -2.04. The lowest BCUT2D eigenvalue weighted by Crippen LogP contribution is -2.09. The van der Waals surface area contributed by atoms with E-state index in [-0.39, 0.29) is 5.56 Å². The summed E-state index contributed by atoms with van der Waals surface area (Å²) in [6, 6.07) is 12.9. The first-order chi connectivity index (χ1) is 10.4. The first-order valence-corrected chi connectivity index (χ1v) is 8.01. The van der Waals surface area contributed by atoms with Crippen LogP contribution in [0.15, 0.2) is 53.9 Å². The summed E-state index contributed by atoms with van der Waals surface area (Å²) in [5.41, 5.74) is 2.27. The fraction of sp³-hybridized carbons (Fsp3) is 0.0625. The van der Waals surface area contributed by atoms with Crippen molar-refractivity contribution in [3.05, 3.63) is 70.6 Å². The van der Waals surface area contributed by atoms with Crippen LogP contribution in [0, 0.1) is 6.92 Å². The Bertz CT molecular complexity index is 791. The summed E-state index contributed by atoms with van der Waals surface area (Å²) in [6.45, 7) is 1.95. The van der Waals surface area contributed by atoms with E-state index in [1.54, 1.807) is 0 Å². The number of aryl methyl sites for hydroxylation is 1. The molecule has 0 aliphatic carbocycles. The zero-order valence-corrected chi connectivity index (χ0v) is 12.7. The maximum Gasteiger partial charge on any atom is 0.335 e. The number of sulfonamides is 1. The van der Waals surface area contributed by atoms with E-state index in [1.165, 1.54) is 30.3 Å². The van der Waals surface area contributed by atoms with Crippen LogP contribution >= 0.6 is 0 Å². The van der Waals surface area contributed by atoms with E-state index in [4.69, 9.17) is 5.11 Å². The number of anilines is 1. The van der Waals surface area contributed by atoms with Crippen molar-refractivity contribution < 1.29 is 18.3 Å². The molecular formula is C16H15NO4S. The third kappa shape index (κ3) is 4.46. The van der Waals surface area contributed by atoms with Gasteiger partial charge in [0.2, 0.25) is 0 Å². The summed E-state index contributed by atoms with van der Waals surface area (Å²) >= 11 is 0. The van der Waals surface area contributed by atoms with E-state index in [9.17, 15) is 13.2 Å². The highest BCUT2D eigenvalue weighted by atomic mass is 32.2. The lowest BCUT2D eigenvalue weighted by molar-refractivity contribution is 0.0697. The minimum absolute atomic E-state index is 0.0955. The molecule has 0 saturated carbocycles. The zero-order chi connectivity index (χ0) is 16.2. The molecule has 114 valence electrons. The van der Waals surface area contributed by atoms with Gasteiger partial charge in [0, 0.05) is 5.69 Å². The SMILES string of the molecule is Cc1ccc(/C=C\S(=O)(=O)Nc2ccc(C(=O)O)cc2)cc1. The topological polar surface area (TPSA) is 83.5 Å². The highest BCUT2D eigenvalue weighted by molar-refractivity contribution is 7.95. The second-order valence-electron chi connectivity index (χ2n) is 4.74. The number of benzene rings is 2. The Morgan fingerprint density at radius 1 is 1.05 bits per heavy atom. The van der Waals surface area contributed by atoms with Gasteiger partial charge in [0.05, 0.1) is 11.0 Å². The smallest absolute Gasteiger partial charge is 0.335 e. The number of carboxylic acid groups (broad SMARTS) is 1. The lowest BCUT2D eigenvalue weighted by atomic mass is 10.2. The molecule has 2 rings (SSSR count). The van der Waals surface area contributed by atoms with Gasteiger partial charge in [-0.3, -0.25) is 4.72 Å². The Labute approximate surface area is 129 Å². The quantitative estimate of drug-likeness (QED) is 0.887. The molecule has 0 atom stereocenters. The first-order valence-electron chi connectivity index (χ1n) is 6.47. The van der Waals surface area contributed by atoms with Crippen molar-refractivity contribution in [1.29, 1.82) is 0 Å². The Morgan fingerprint density at radius 2 is 1.64 bits per heavy atom. The molecule has 0 fully saturated rings. The minimum Gasteiger partial charge on any atom is -0.478 e. The Morgan fingerprint density at radius 3 is 2.18 bits per heavy atom. The van der Waals surface area contributed by atoms with E-state index in [0.717, 1.165) is 16.5 Å². The molecular weight excluding hydrogens is 302 g/mol. The van der Waals surface area contributed by atoms with Crippen LogP contribution in [0.2, 0.25) is 0 Å². The van der Waals surface area contributed by atoms with E-state index >= 15 is 0 Å². The van der Waals surface area contributed by atoms with Crippen LogP contribution in [0.5, 0.6) is 0 Å². The number of carbonyl (C=O) groups is 1. The molecule has 0 saturated heterocycles. The van der Waals surface area contributed by atoms with Gasteiger partial charge in [-0.1, -0.05) is 29.8 Å². The molecule has 2 aromatic rings. The molecule has 0 spiro atoms. The van der Waals surface area contributed by atoms with Crippen molar-refractivity contribution in [3.8, 4) is 0 Å². The summed E-state index contributed by atoms with van der Waals surface area (Å²) in [6.07, 6.45) is 1.49. The van der Waals surface area contributed by atoms with Gasteiger partial charge in [0.15, 0.2) is 0 Å². The fourth-order valence-corrected chi connectivity index (χ4v) is 2.59. The van der Waals surface area contributed by atoms with Gasteiger partial charge in [0.25, 0.3) is 10.0 Å². The fourth-order valence-electron chi connectivity index (χ4n) is 1.72. The van der Waals surface area contributed by atoms with Crippen molar-refractivity contribution >= 4 is 27.8 Å². The average Bonchev–Trinajstić information content (AvgIpc) is 2.47. The van der Waals surface area contributed by atoms with Crippen molar-refractivity contribution in [2.75, 3.05) is 4.72 Å². The largest absolute Gasteiger partial charge is 0.478 e. The van der Waals surface area contributed by atoms with Crippen LogP contribution in [0.3, 0.4) is 0 Å². The van der Waals surface area contributed by atoms with Crippen LogP contribution < -0.4 is 4.72 Å². The van der Waals surface area contributed by atoms with Crippen molar-refractivity contribution in [1.82, 2.24) is 0 Å². The van der Waals surface area contributed by atoms with Crippen LogP contribution in [0.4, 0.5) is 5.69 Å². The minimum atomic E-state index is -3.65. The Kier molecular flexibility index (Phi) is 4.62. The molecule has 0 heterocycles. The second kappa shape index (κ2) is 6.44. The van der Waals surface area contributed by atoms with E-state index in [1.807, 2.05) is 31.2 Å². The summed E-state index contributed by atoms with van der Waals surface area (Å²) in [7, 11) is -3.65. The molecule has 0 bridgehead atoms. The molecule has 0 amide bonds. The highest BCUT2D eigenvalue weighted by Gasteiger charge is 2.07. The van der Waals surface area contributed by atoms with Crippen LogP contribution in [-0.2, 0) is 10.0 Å². The standard InChI is InChI=1S/C16H15NO4S/c1-12-2-4-13(5-3-12)10-11-22(20,21)17-15-8-6-14(7-9-15)16(18)19/h2-11,17H,1H3,(H,18,19)/b11-10-. The number of aromatic carboxylic acids is 1. The number of carboxylic acids is 1. The predicted octanol–water partition coefficient (Wildman–Crippen LogP) is 3.11. The van der Waals surface area contributed by atoms with Gasteiger partial charge in [-0.15, -0.1) is 0 Å². The predicted molar refractivity (Wildman–Crippen MR) is 86.2 cm³/mol. The summed E-state index contributed by atoms with van der Waals surface area (Å²) < 4.78 is 26.2. The molecule has 22 heavy (non-hydrogen) atoms. The summed E-state index contributed by atoms with van der Waals surface area (Å²) in [4.78, 5) is 10.7. The monoisotopic (exact) mass is 317 g/mol. The van der Waals surface area contributed by atoms with Gasteiger partial charge in [-0.25, -0.2) is 13.2 Å². The molecule has 0 aromatic heterocycles. The average molecular weight is 317 g/mol.